The van der Waals surface area contributed by atoms with Crippen molar-refractivity contribution in [3.05, 3.63) is 0 Å². The van der Waals surface area contributed by atoms with Gasteiger partial charge in [0.25, 0.3) is 0 Å². The number of hydrogen-bond donors (Lipinski definition) is 1. The van der Waals surface area contributed by atoms with E-state index in [9.17, 15) is 0 Å². The third-order valence-corrected chi connectivity index (χ3v) is 4.57. The molecule has 0 aromatic rings. The molecule has 0 amide bonds. The molecule has 0 atom stereocenters. The number of thioether (sulfide) groups is 1. The lowest BCUT2D eigenvalue weighted by Gasteiger charge is -2.21. The third kappa shape index (κ3) is 7.54. The molecule has 0 bridgehead atoms. The van der Waals surface area contributed by atoms with Crippen molar-refractivity contribution in [1.82, 2.24) is 5.32 Å². The molecule has 0 saturated heterocycles. The van der Waals surface area contributed by atoms with Crippen LogP contribution in [0.25, 0.3) is 0 Å². The van der Waals surface area contributed by atoms with Crippen LogP contribution in [0.15, 0.2) is 0 Å². The Morgan fingerprint density at radius 2 is 1.74 bits per heavy atom. The summed E-state index contributed by atoms with van der Waals surface area (Å²) < 4.78 is 11.1. The molecule has 1 N–H and O–H groups in total. The largest absolute Gasteiger partial charge is 0.379 e. The fourth-order valence-electron chi connectivity index (χ4n) is 2.24. The molecule has 19 heavy (non-hydrogen) atoms. The second-order valence-electron chi connectivity index (χ2n) is 5.66. The zero-order valence-electron chi connectivity index (χ0n) is 12.9. The number of unbranched alkanes of at least 4 members (excludes halogenated alkanes) is 1. The number of hydrogen-bond acceptors (Lipinski definition) is 4. The highest BCUT2D eigenvalue weighted by molar-refractivity contribution is 7.98. The SMILES string of the molecule is CSCCCCOCCOCCNC1(C(C)C)CC1. The first-order valence-corrected chi connectivity index (χ1v) is 9.00. The lowest BCUT2D eigenvalue weighted by molar-refractivity contribution is 0.0465. The topological polar surface area (TPSA) is 30.5 Å². The van der Waals surface area contributed by atoms with E-state index in [2.05, 4.69) is 25.4 Å². The van der Waals surface area contributed by atoms with Crippen molar-refractivity contribution in [1.29, 1.82) is 0 Å². The molecule has 114 valence electrons. The van der Waals surface area contributed by atoms with Crippen LogP contribution in [-0.4, -0.2) is 50.5 Å². The van der Waals surface area contributed by atoms with Crippen LogP contribution in [0, 0.1) is 5.92 Å². The van der Waals surface area contributed by atoms with E-state index in [1.807, 2.05) is 11.8 Å². The van der Waals surface area contributed by atoms with Gasteiger partial charge < -0.3 is 14.8 Å². The van der Waals surface area contributed by atoms with Crippen LogP contribution in [0.4, 0.5) is 0 Å². The van der Waals surface area contributed by atoms with Crippen LogP contribution in [-0.2, 0) is 9.47 Å². The fraction of sp³-hybridized carbons (Fsp3) is 1.00. The Kier molecular flexibility index (Phi) is 9.12. The van der Waals surface area contributed by atoms with E-state index in [0.29, 0.717) is 5.54 Å². The van der Waals surface area contributed by atoms with Gasteiger partial charge in [-0.25, -0.2) is 0 Å². The van der Waals surface area contributed by atoms with E-state index in [0.717, 1.165) is 38.9 Å². The highest BCUT2D eigenvalue weighted by Crippen LogP contribution is 2.41. The summed E-state index contributed by atoms with van der Waals surface area (Å²) in [5.74, 6) is 1.97. The van der Waals surface area contributed by atoms with Crippen molar-refractivity contribution in [3.8, 4) is 0 Å². The summed E-state index contributed by atoms with van der Waals surface area (Å²) in [7, 11) is 0. The second-order valence-corrected chi connectivity index (χ2v) is 6.65. The maximum atomic E-state index is 5.57. The molecule has 0 aromatic heterocycles. The highest BCUT2D eigenvalue weighted by Gasteiger charge is 2.44. The van der Waals surface area contributed by atoms with Gasteiger partial charge in [-0.1, -0.05) is 13.8 Å². The van der Waals surface area contributed by atoms with E-state index >= 15 is 0 Å². The molecule has 1 aliphatic carbocycles. The Hall–Kier alpha value is 0.230. The van der Waals surface area contributed by atoms with Crippen molar-refractivity contribution >= 4 is 11.8 Å². The molecule has 0 radical (unpaired) electrons. The van der Waals surface area contributed by atoms with Crippen molar-refractivity contribution in [2.75, 3.05) is 45.0 Å². The molecule has 0 heterocycles. The third-order valence-electron chi connectivity index (χ3n) is 3.88. The van der Waals surface area contributed by atoms with Crippen LogP contribution in [0.2, 0.25) is 0 Å². The average Bonchev–Trinajstić information content (AvgIpc) is 3.17. The van der Waals surface area contributed by atoms with Gasteiger partial charge in [-0.15, -0.1) is 0 Å². The lowest BCUT2D eigenvalue weighted by Crippen LogP contribution is -2.38. The van der Waals surface area contributed by atoms with Gasteiger partial charge in [-0.3, -0.25) is 0 Å². The summed E-state index contributed by atoms with van der Waals surface area (Å²) in [6.45, 7) is 8.68. The fourth-order valence-corrected chi connectivity index (χ4v) is 2.73. The highest BCUT2D eigenvalue weighted by atomic mass is 32.2. The minimum absolute atomic E-state index is 0.428. The van der Waals surface area contributed by atoms with Crippen molar-refractivity contribution in [3.63, 3.8) is 0 Å². The molecule has 0 unspecified atom stereocenters. The molecule has 1 fully saturated rings. The maximum Gasteiger partial charge on any atom is 0.0701 e. The minimum Gasteiger partial charge on any atom is -0.379 e. The first kappa shape index (κ1) is 17.3. The molecule has 1 aliphatic rings. The van der Waals surface area contributed by atoms with Crippen LogP contribution in [0.5, 0.6) is 0 Å². The minimum atomic E-state index is 0.428. The van der Waals surface area contributed by atoms with E-state index in [4.69, 9.17) is 9.47 Å². The van der Waals surface area contributed by atoms with Gasteiger partial charge in [0, 0.05) is 18.7 Å². The Labute approximate surface area is 123 Å². The Bertz CT molecular complexity index is 220. The average molecular weight is 289 g/mol. The monoisotopic (exact) mass is 289 g/mol. The smallest absolute Gasteiger partial charge is 0.0701 e. The Balaban J connectivity index is 1.77. The van der Waals surface area contributed by atoms with E-state index in [1.54, 1.807) is 0 Å². The first-order chi connectivity index (χ1) is 9.21. The lowest BCUT2D eigenvalue weighted by atomic mass is 10.0. The maximum absolute atomic E-state index is 5.57. The standard InChI is InChI=1S/C15H31NO2S/c1-14(2)15(6-7-15)16-8-10-18-12-11-17-9-4-5-13-19-3/h14,16H,4-13H2,1-3H3. The predicted octanol–water partition coefficient (Wildman–Crippen LogP) is 2.94. The van der Waals surface area contributed by atoms with Gasteiger partial charge in [0.2, 0.25) is 0 Å². The summed E-state index contributed by atoms with van der Waals surface area (Å²) in [5.41, 5.74) is 0.428. The van der Waals surface area contributed by atoms with Crippen molar-refractivity contribution in [2.24, 2.45) is 5.92 Å². The Morgan fingerprint density at radius 1 is 1.05 bits per heavy atom. The number of rotatable bonds is 13. The Morgan fingerprint density at radius 3 is 2.32 bits per heavy atom. The quantitative estimate of drug-likeness (QED) is 0.528. The van der Waals surface area contributed by atoms with Crippen LogP contribution >= 0.6 is 11.8 Å². The van der Waals surface area contributed by atoms with Gasteiger partial charge >= 0.3 is 0 Å². The molecule has 0 spiro atoms. The molecule has 1 rings (SSSR count). The summed E-state index contributed by atoms with van der Waals surface area (Å²) >= 11 is 1.90. The van der Waals surface area contributed by atoms with E-state index in [-0.39, 0.29) is 0 Å². The van der Waals surface area contributed by atoms with Crippen LogP contribution in [0.1, 0.15) is 39.5 Å². The zero-order valence-corrected chi connectivity index (χ0v) is 13.7. The first-order valence-electron chi connectivity index (χ1n) is 7.61. The summed E-state index contributed by atoms with van der Waals surface area (Å²) in [5, 5.41) is 3.63. The van der Waals surface area contributed by atoms with Gasteiger partial charge in [0.15, 0.2) is 0 Å². The van der Waals surface area contributed by atoms with Crippen LogP contribution in [0.3, 0.4) is 0 Å². The molecule has 0 aliphatic heterocycles. The number of ether oxygens (including phenoxy) is 2. The molecular weight excluding hydrogens is 258 g/mol. The van der Waals surface area contributed by atoms with E-state index in [1.165, 1.54) is 31.4 Å². The number of nitrogens with one attached hydrogen (secondary N) is 1. The summed E-state index contributed by atoms with van der Waals surface area (Å²) in [6.07, 6.45) is 7.21. The van der Waals surface area contributed by atoms with Crippen molar-refractivity contribution in [2.45, 2.75) is 45.1 Å². The summed E-state index contributed by atoms with van der Waals surface area (Å²) in [4.78, 5) is 0. The van der Waals surface area contributed by atoms with Crippen molar-refractivity contribution < 1.29 is 9.47 Å². The second kappa shape index (κ2) is 10.0. The van der Waals surface area contributed by atoms with Gasteiger partial charge in [-0.05, 0) is 43.6 Å². The van der Waals surface area contributed by atoms with Gasteiger partial charge in [0.05, 0.1) is 19.8 Å². The zero-order chi connectivity index (χ0) is 14.0. The molecule has 1 saturated carbocycles. The normalized spacial score (nSPS) is 17.1. The predicted molar refractivity (Wildman–Crippen MR) is 84.1 cm³/mol. The van der Waals surface area contributed by atoms with Gasteiger partial charge in [-0.2, -0.15) is 11.8 Å². The molecule has 3 nitrogen and oxygen atoms in total. The summed E-state index contributed by atoms with van der Waals surface area (Å²) in [6, 6.07) is 0. The van der Waals surface area contributed by atoms with Crippen LogP contribution < -0.4 is 5.32 Å². The van der Waals surface area contributed by atoms with E-state index < -0.39 is 0 Å². The molecular formula is C15H31NO2S. The molecule has 0 aromatic carbocycles. The molecule has 4 heteroatoms. The van der Waals surface area contributed by atoms with Gasteiger partial charge in [0.1, 0.15) is 0 Å².